The average Bonchev–Trinajstić information content (AvgIpc) is 3.10. The van der Waals surface area contributed by atoms with Gasteiger partial charge in [-0.1, -0.05) is 26.0 Å². The molecule has 0 radical (unpaired) electrons. The molecule has 2 N–H and O–H groups in total. The van der Waals surface area contributed by atoms with Gasteiger partial charge in [0, 0.05) is 25.6 Å². The van der Waals surface area contributed by atoms with Crippen LogP contribution < -0.4 is 15.4 Å². The molecule has 1 aliphatic rings. The first-order chi connectivity index (χ1) is 11.6. The van der Waals surface area contributed by atoms with Crippen LogP contribution in [0.4, 0.5) is 0 Å². The highest BCUT2D eigenvalue weighted by Gasteiger charge is 2.18. The van der Waals surface area contributed by atoms with Gasteiger partial charge in [-0.25, -0.2) is 0 Å². The highest BCUT2D eigenvalue weighted by molar-refractivity contribution is 5.96. The highest BCUT2D eigenvalue weighted by Crippen LogP contribution is 2.20. The number of benzene rings is 1. The molecule has 6 nitrogen and oxygen atoms in total. The van der Waals surface area contributed by atoms with E-state index in [1.54, 1.807) is 18.2 Å². The zero-order chi connectivity index (χ0) is 17.4. The van der Waals surface area contributed by atoms with E-state index in [2.05, 4.69) is 10.6 Å². The van der Waals surface area contributed by atoms with Crippen LogP contribution in [0.15, 0.2) is 24.3 Å². The molecule has 24 heavy (non-hydrogen) atoms. The van der Waals surface area contributed by atoms with Crippen molar-refractivity contribution in [1.82, 2.24) is 10.6 Å². The summed E-state index contributed by atoms with van der Waals surface area (Å²) in [7, 11) is 0. The summed E-state index contributed by atoms with van der Waals surface area (Å²) in [4.78, 5) is 23.8. The molecule has 1 atom stereocenters. The van der Waals surface area contributed by atoms with E-state index in [-0.39, 0.29) is 23.8 Å². The first-order valence-corrected chi connectivity index (χ1v) is 8.47. The minimum absolute atomic E-state index is 0.0236. The summed E-state index contributed by atoms with van der Waals surface area (Å²) >= 11 is 0. The van der Waals surface area contributed by atoms with Crippen molar-refractivity contribution in [3.05, 3.63) is 29.8 Å². The number of hydrogen-bond acceptors (Lipinski definition) is 4. The fourth-order valence-corrected chi connectivity index (χ4v) is 2.40. The molecule has 1 aliphatic heterocycles. The normalized spacial score (nSPS) is 16.9. The number of para-hydroxylation sites is 1. The summed E-state index contributed by atoms with van der Waals surface area (Å²) in [6, 6.07) is 7.15. The Hall–Kier alpha value is -2.08. The second-order valence-electron chi connectivity index (χ2n) is 6.14. The number of nitrogens with one attached hydrogen (secondary N) is 2. The Kier molecular flexibility index (Phi) is 7.06. The van der Waals surface area contributed by atoms with E-state index in [0.717, 1.165) is 19.4 Å². The molecule has 1 unspecified atom stereocenters. The van der Waals surface area contributed by atoms with E-state index in [9.17, 15) is 9.59 Å². The maximum absolute atomic E-state index is 12.3. The molecule has 1 aromatic carbocycles. The van der Waals surface area contributed by atoms with Gasteiger partial charge in [-0.3, -0.25) is 9.59 Å². The van der Waals surface area contributed by atoms with Gasteiger partial charge in [-0.2, -0.15) is 0 Å². The molecule has 132 valence electrons. The maximum Gasteiger partial charge on any atom is 0.255 e. The van der Waals surface area contributed by atoms with Crippen molar-refractivity contribution in [2.75, 3.05) is 26.3 Å². The highest BCUT2D eigenvalue weighted by atomic mass is 16.5. The fourth-order valence-electron chi connectivity index (χ4n) is 2.40. The molecule has 1 heterocycles. The first-order valence-electron chi connectivity index (χ1n) is 8.47. The second kappa shape index (κ2) is 9.27. The van der Waals surface area contributed by atoms with Gasteiger partial charge in [0.2, 0.25) is 5.91 Å². The Labute approximate surface area is 142 Å². The number of amides is 2. The third kappa shape index (κ3) is 5.53. The largest absolute Gasteiger partial charge is 0.490 e. The monoisotopic (exact) mass is 334 g/mol. The van der Waals surface area contributed by atoms with Crippen molar-refractivity contribution in [2.45, 2.75) is 32.8 Å². The quantitative estimate of drug-likeness (QED) is 0.710. The second-order valence-corrected chi connectivity index (χ2v) is 6.14. The number of carbonyl (C=O) groups is 2. The molecular weight excluding hydrogens is 308 g/mol. The van der Waals surface area contributed by atoms with Gasteiger partial charge in [-0.15, -0.1) is 0 Å². The molecule has 0 spiro atoms. The molecule has 1 aromatic rings. The van der Waals surface area contributed by atoms with E-state index >= 15 is 0 Å². The lowest BCUT2D eigenvalue weighted by Crippen LogP contribution is -2.36. The molecule has 6 heteroatoms. The summed E-state index contributed by atoms with van der Waals surface area (Å²) in [5.41, 5.74) is 0.491. The third-order valence-electron chi connectivity index (χ3n) is 3.81. The summed E-state index contributed by atoms with van der Waals surface area (Å²) in [5, 5.41) is 5.56. The SMILES string of the molecule is CC(C)C(=O)NCCNC(=O)c1ccccc1OCC1CCCO1. The van der Waals surface area contributed by atoms with Crippen molar-refractivity contribution in [3.63, 3.8) is 0 Å². The van der Waals surface area contributed by atoms with Crippen molar-refractivity contribution >= 4 is 11.8 Å². The average molecular weight is 334 g/mol. The Morgan fingerprint density at radius 3 is 2.71 bits per heavy atom. The zero-order valence-corrected chi connectivity index (χ0v) is 14.3. The number of rotatable bonds is 8. The Morgan fingerprint density at radius 2 is 2.00 bits per heavy atom. The minimum atomic E-state index is -0.211. The number of hydrogen-bond donors (Lipinski definition) is 2. The van der Waals surface area contributed by atoms with Gasteiger partial charge < -0.3 is 20.1 Å². The molecule has 2 amide bonds. The third-order valence-corrected chi connectivity index (χ3v) is 3.81. The molecule has 1 saturated heterocycles. The van der Waals surface area contributed by atoms with Gasteiger partial charge in [0.25, 0.3) is 5.91 Å². The maximum atomic E-state index is 12.3. The van der Waals surface area contributed by atoms with Crippen LogP contribution in [0.1, 0.15) is 37.0 Å². The van der Waals surface area contributed by atoms with Crippen molar-refractivity contribution in [2.24, 2.45) is 5.92 Å². The molecule has 0 aliphatic carbocycles. The van der Waals surface area contributed by atoms with Crippen LogP contribution in [0.2, 0.25) is 0 Å². The topological polar surface area (TPSA) is 76.7 Å². The van der Waals surface area contributed by atoms with Gasteiger partial charge in [0.1, 0.15) is 12.4 Å². The van der Waals surface area contributed by atoms with Gasteiger partial charge in [-0.05, 0) is 25.0 Å². The van der Waals surface area contributed by atoms with Crippen LogP contribution in [-0.2, 0) is 9.53 Å². The van der Waals surface area contributed by atoms with Crippen molar-refractivity contribution in [3.8, 4) is 5.75 Å². The molecule has 0 aromatic heterocycles. The van der Waals surface area contributed by atoms with E-state index in [4.69, 9.17) is 9.47 Å². The van der Waals surface area contributed by atoms with E-state index in [1.807, 2.05) is 19.9 Å². The van der Waals surface area contributed by atoms with E-state index < -0.39 is 0 Å². The Bertz CT molecular complexity index is 554. The molecular formula is C18H26N2O4. The standard InChI is InChI=1S/C18H26N2O4/c1-13(2)17(21)19-9-10-20-18(22)15-7-3-4-8-16(15)24-12-14-6-5-11-23-14/h3-4,7-8,13-14H,5-6,9-12H2,1-2H3,(H,19,21)(H,20,22). The van der Waals surface area contributed by atoms with Crippen LogP contribution in [0.25, 0.3) is 0 Å². The lowest BCUT2D eigenvalue weighted by atomic mass is 10.2. The molecule has 1 fully saturated rings. The van der Waals surface area contributed by atoms with Crippen LogP contribution in [0.3, 0.4) is 0 Å². The van der Waals surface area contributed by atoms with Crippen LogP contribution >= 0.6 is 0 Å². The lowest BCUT2D eigenvalue weighted by Gasteiger charge is -2.14. The van der Waals surface area contributed by atoms with Crippen molar-refractivity contribution in [1.29, 1.82) is 0 Å². The summed E-state index contributed by atoms with van der Waals surface area (Å²) in [6.45, 7) is 5.66. The van der Waals surface area contributed by atoms with Gasteiger partial charge in [0.15, 0.2) is 0 Å². The predicted octanol–water partition coefficient (Wildman–Crippen LogP) is 1.75. The summed E-state index contributed by atoms with van der Waals surface area (Å²) in [6.07, 6.45) is 2.15. The number of ether oxygens (including phenoxy) is 2. The Balaban J connectivity index is 1.81. The van der Waals surface area contributed by atoms with E-state index in [1.165, 1.54) is 0 Å². The minimum Gasteiger partial charge on any atom is -0.490 e. The van der Waals surface area contributed by atoms with Crippen LogP contribution in [0.5, 0.6) is 5.75 Å². The number of carbonyl (C=O) groups excluding carboxylic acids is 2. The van der Waals surface area contributed by atoms with Crippen molar-refractivity contribution < 1.29 is 19.1 Å². The van der Waals surface area contributed by atoms with Gasteiger partial charge >= 0.3 is 0 Å². The molecule has 2 rings (SSSR count). The Morgan fingerprint density at radius 1 is 1.25 bits per heavy atom. The fraction of sp³-hybridized carbons (Fsp3) is 0.556. The van der Waals surface area contributed by atoms with Crippen LogP contribution in [-0.4, -0.2) is 44.2 Å². The van der Waals surface area contributed by atoms with E-state index in [0.29, 0.717) is 31.0 Å². The zero-order valence-electron chi connectivity index (χ0n) is 14.3. The van der Waals surface area contributed by atoms with Gasteiger partial charge in [0.05, 0.1) is 11.7 Å². The predicted molar refractivity (Wildman–Crippen MR) is 91.1 cm³/mol. The van der Waals surface area contributed by atoms with Crippen LogP contribution in [0, 0.1) is 5.92 Å². The first kappa shape index (κ1) is 18.3. The summed E-state index contributed by atoms with van der Waals surface area (Å²) < 4.78 is 11.3. The summed E-state index contributed by atoms with van der Waals surface area (Å²) in [5.74, 6) is 0.255. The molecule has 0 bridgehead atoms. The molecule has 0 saturated carbocycles. The smallest absolute Gasteiger partial charge is 0.255 e. The lowest BCUT2D eigenvalue weighted by molar-refractivity contribution is -0.123.